The van der Waals surface area contributed by atoms with Crippen molar-refractivity contribution in [3.05, 3.63) is 65.2 Å². The number of thioether (sulfide) groups is 1. The summed E-state index contributed by atoms with van der Waals surface area (Å²) in [7, 11) is 0. The number of hydrogen-bond donors (Lipinski definition) is 3. The zero-order valence-corrected chi connectivity index (χ0v) is 14.3. The maximum atomic E-state index is 12.2. The van der Waals surface area contributed by atoms with Crippen LogP contribution in [-0.2, 0) is 0 Å². The van der Waals surface area contributed by atoms with Gasteiger partial charge in [0.15, 0.2) is 5.78 Å². The third-order valence-corrected chi connectivity index (χ3v) is 4.34. The minimum atomic E-state index is -1.05. The highest BCUT2D eigenvalue weighted by Crippen LogP contribution is 2.18. The third-order valence-electron chi connectivity index (χ3n) is 3.38. The Hall–Kier alpha value is -3.35. The van der Waals surface area contributed by atoms with Gasteiger partial charge in [-0.05, 0) is 36.4 Å². The number of anilines is 1. The number of carboxylic acids is 1. The van der Waals surface area contributed by atoms with E-state index in [1.807, 2.05) is 6.07 Å². The van der Waals surface area contributed by atoms with Crippen LogP contribution in [0, 0.1) is 11.3 Å². The van der Waals surface area contributed by atoms with E-state index >= 15 is 0 Å². The molecule has 5 N–H and O–H groups in total. The first-order chi connectivity index (χ1) is 12.5. The van der Waals surface area contributed by atoms with Gasteiger partial charge in [-0.25, -0.2) is 10.6 Å². The van der Waals surface area contributed by atoms with Crippen LogP contribution >= 0.6 is 11.8 Å². The molecule has 0 aliphatic carbocycles. The van der Waals surface area contributed by atoms with Crippen molar-refractivity contribution in [2.24, 2.45) is 16.8 Å². The number of amidine groups is 1. The first kappa shape index (κ1) is 19.0. The van der Waals surface area contributed by atoms with E-state index in [9.17, 15) is 9.59 Å². The van der Waals surface area contributed by atoms with Crippen LogP contribution in [0.5, 0.6) is 0 Å². The number of carbonyl (C=O) groups excluding carboxylic acids is 1. The number of carboxylic acid groups (broad SMARTS) is 1. The molecule has 0 saturated carbocycles. The number of benzene rings is 2. The zero-order chi connectivity index (χ0) is 19.1. The molecule has 0 saturated heterocycles. The molecule has 0 bridgehead atoms. The fourth-order valence-electron chi connectivity index (χ4n) is 1.99. The average molecular weight is 369 g/mol. The Morgan fingerprint density at radius 2 is 1.69 bits per heavy atom. The van der Waals surface area contributed by atoms with Crippen molar-refractivity contribution in [1.29, 1.82) is 5.26 Å². The van der Waals surface area contributed by atoms with Crippen molar-refractivity contribution in [1.82, 2.24) is 0 Å². The zero-order valence-electron chi connectivity index (χ0n) is 13.5. The summed E-state index contributed by atoms with van der Waals surface area (Å²) in [5.74, 6) is 10.1. The smallest absolute Gasteiger partial charge is 0.335 e. The molecule has 26 heavy (non-hydrogen) atoms. The molecule has 0 atom stereocenters. The van der Waals surface area contributed by atoms with E-state index in [0.29, 0.717) is 16.8 Å². The Morgan fingerprint density at radius 3 is 2.19 bits per heavy atom. The standard InChI is InChI=1S/C17H15N5O3S/c18-9-11-1-3-12(4-2-11)15(23)10-26-17(21-19)22(20)14-7-5-13(6-8-14)16(24)25/h1-8H,10,19-20H2,(H,24,25)/b21-17+. The number of Topliss-reactive ketones (excluding diaryl/α,β-unsaturated/α-hetero) is 1. The highest BCUT2D eigenvalue weighted by atomic mass is 32.2. The van der Waals surface area contributed by atoms with Gasteiger partial charge in [0, 0.05) is 5.56 Å². The molecule has 0 aliphatic rings. The predicted octanol–water partition coefficient (Wildman–Crippen LogP) is 1.78. The molecule has 0 fully saturated rings. The van der Waals surface area contributed by atoms with Crippen molar-refractivity contribution in [3.63, 3.8) is 0 Å². The summed E-state index contributed by atoms with van der Waals surface area (Å²) in [6, 6.07) is 14.1. The third kappa shape index (κ3) is 4.60. The SMILES string of the molecule is N#Cc1ccc(C(=O)CS/C(=N/N)N(N)c2ccc(C(=O)O)cc2)cc1. The van der Waals surface area contributed by atoms with Gasteiger partial charge in [0.2, 0.25) is 5.17 Å². The maximum Gasteiger partial charge on any atom is 0.335 e. The first-order valence-electron chi connectivity index (χ1n) is 7.28. The summed E-state index contributed by atoms with van der Waals surface area (Å²) in [5, 5.41) is 22.6. The van der Waals surface area contributed by atoms with Crippen molar-refractivity contribution >= 4 is 34.4 Å². The van der Waals surface area contributed by atoms with Crippen LogP contribution in [0.25, 0.3) is 0 Å². The van der Waals surface area contributed by atoms with Crippen LogP contribution in [0.15, 0.2) is 53.6 Å². The number of hydrazine groups is 1. The van der Waals surface area contributed by atoms with E-state index in [1.54, 1.807) is 24.3 Å². The summed E-state index contributed by atoms with van der Waals surface area (Å²) in [4.78, 5) is 23.1. The Labute approximate surface area is 153 Å². The fourth-order valence-corrected chi connectivity index (χ4v) is 2.73. The van der Waals surface area contributed by atoms with E-state index in [1.165, 1.54) is 29.3 Å². The molecular weight excluding hydrogens is 354 g/mol. The van der Waals surface area contributed by atoms with Gasteiger partial charge in [0.25, 0.3) is 0 Å². The number of hydrogen-bond acceptors (Lipinski definition) is 7. The van der Waals surface area contributed by atoms with Crippen molar-refractivity contribution in [2.75, 3.05) is 10.8 Å². The van der Waals surface area contributed by atoms with E-state index in [4.69, 9.17) is 22.1 Å². The van der Waals surface area contributed by atoms with Crippen LogP contribution in [0.4, 0.5) is 5.69 Å². The van der Waals surface area contributed by atoms with Gasteiger partial charge in [-0.3, -0.25) is 9.80 Å². The molecule has 0 aromatic heterocycles. The van der Waals surface area contributed by atoms with E-state index in [2.05, 4.69) is 5.10 Å². The molecule has 0 heterocycles. The number of nitrogens with zero attached hydrogens (tertiary/aromatic N) is 3. The normalized spacial score (nSPS) is 10.8. The maximum absolute atomic E-state index is 12.2. The summed E-state index contributed by atoms with van der Waals surface area (Å²) in [5.41, 5.74) is 1.52. The lowest BCUT2D eigenvalue weighted by atomic mass is 10.1. The number of hydrazone groups is 1. The monoisotopic (exact) mass is 369 g/mol. The van der Waals surface area contributed by atoms with Gasteiger partial charge in [0.05, 0.1) is 28.6 Å². The molecule has 2 rings (SSSR count). The van der Waals surface area contributed by atoms with Gasteiger partial charge in [-0.15, -0.1) is 0 Å². The average Bonchev–Trinajstić information content (AvgIpc) is 2.68. The quantitative estimate of drug-likeness (QED) is 0.238. The second-order valence-electron chi connectivity index (χ2n) is 5.03. The Bertz CT molecular complexity index is 873. The molecule has 9 heteroatoms. The molecule has 2 aromatic carbocycles. The largest absolute Gasteiger partial charge is 0.478 e. The van der Waals surface area contributed by atoms with Crippen molar-refractivity contribution < 1.29 is 14.7 Å². The number of rotatable bonds is 5. The summed E-state index contributed by atoms with van der Waals surface area (Å²) in [6.07, 6.45) is 0. The molecule has 0 radical (unpaired) electrons. The second-order valence-corrected chi connectivity index (χ2v) is 5.98. The van der Waals surface area contributed by atoms with Crippen LogP contribution in [0.2, 0.25) is 0 Å². The highest BCUT2D eigenvalue weighted by Gasteiger charge is 2.15. The minimum absolute atomic E-state index is 0.0445. The number of nitriles is 1. The molecule has 0 aliphatic heterocycles. The van der Waals surface area contributed by atoms with Crippen LogP contribution in [0.1, 0.15) is 26.3 Å². The number of carbonyl (C=O) groups is 2. The van der Waals surface area contributed by atoms with Crippen molar-refractivity contribution in [3.8, 4) is 6.07 Å². The van der Waals surface area contributed by atoms with Gasteiger partial charge in [-0.1, -0.05) is 23.9 Å². The lowest BCUT2D eigenvalue weighted by Gasteiger charge is -2.19. The van der Waals surface area contributed by atoms with E-state index in [0.717, 1.165) is 11.8 Å². The Morgan fingerprint density at radius 1 is 1.12 bits per heavy atom. The molecule has 0 spiro atoms. The molecule has 8 nitrogen and oxygen atoms in total. The molecule has 2 aromatic rings. The van der Waals surface area contributed by atoms with Crippen LogP contribution in [-0.4, -0.2) is 27.8 Å². The van der Waals surface area contributed by atoms with E-state index < -0.39 is 5.97 Å². The van der Waals surface area contributed by atoms with Gasteiger partial charge >= 0.3 is 5.97 Å². The Kier molecular flexibility index (Phi) is 6.32. The van der Waals surface area contributed by atoms with Crippen LogP contribution < -0.4 is 16.7 Å². The summed E-state index contributed by atoms with van der Waals surface area (Å²) in [6.45, 7) is 0. The summed E-state index contributed by atoms with van der Waals surface area (Å²) >= 11 is 1.04. The van der Waals surface area contributed by atoms with Gasteiger partial charge < -0.3 is 10.9 Å². The number of aromatic carboxylic acids is 1. The van der Waals surface area contributed by atoms with Crippen molar-refractivity contribution in [2.45, 2.75) is 0 Å². The molecular formula is C17H15N5O3S. The number of nitrogens with two attached hydrogens (primary N) is 2. The van der Waals surface area contributed by atoms with E-state index in [-0.39, 0.29) is 22.3 Å². The second kappa shape index (κ2) is 8.66. The fraction of sp³-hybridized carbons (Fsp3) is 0.0588. The number of ketones is 1. The molecule has 0 amide bonds. The minimum Gasteiger partial charge on any atom is -0.478 e. The topological polar surface area (TPSA) is 146 Å². The lowest BCUT2D eigenvalue weighted by molar-refractivity contribution is 0.0696. The lowest BCUT2D eigenvalue weighted by Crippen LogP contribution is -2.37. The van der Waals surface area contributed by atoms with Gasteiger partial charge in [-0.2, -0.15) is 10.4 Å². The highest BCUT2D eigenvalue weighted by molar-refractivity contribution is 8.14. The molecule has 132 valence electrons. The Balaban J connectivity index is 2.02. The predicted molar refractivity (Wildman–Crippen MR) is 99.6 cm³/mol. The van der Waals surface area contributed by atoms with Crippen LogP contribution in [0.3, 0.4) is 0 Å². The first-order valence-corrected chi connectivity index (χ1v) is 8.27. The molecule has 0 unspecified atom stereocenters. The summed E-state index contributed by atoms with van der Waals surface area (Å²) < 4.78 is 0. The van der Waals surface area contributed by atoms with Gasteiger partial charge in [0.1, 0.15) is 0 Å².